The number of hydrogen-bond acceptors (Lipinski definition) is 11. The topological polar surface area (TPSA) is 148 Å². The molecule has 13 nitrogen and oxygen atoms in total. The van der Waals surface area contributed by atoms with E-state index in [0.29, 0.717) is 5.75 Å². The average molecular weight is 503 g/mol. The molecule has 4 aromatic rings. The first-order valence-electron chi connectivity index (χ1n) is 10.3. The van der Waals surface area contributed by atoms with Gasteiger partial charge in [0.15, 0.2) is 0 Å². The van der Waals surface area contributed by atoms with Crippen molar-refractivity contribution in [1.82, 2.24) is 39.7 Å². The number of ether oxygens (including phenoxy) is 3. The Bertz CT molecular complexity index is 1360. The van der Waals surface area contributed by atoms with Crippen LogP contribution in [0.4, 0.5) is 0 Å². The molecule has 0 bridgehead atoms. The summed E-state index contributed by atoms with van der Waals surface area (Å²) in [5, 5.41) is 17.6. The monoisotopic (exact) mass is 502 g/mol. The van der Waals surface area contributed by atoms with Gasteiger partial charge in [0, 0.05) is 0 Å². The van der Waals surface area contributed by atoms with E-state index in [0.717, 1.165) is 17.0 Å². The third-order valence-corrected chi connectivity index (χ3v) is 8.49. The summed E-state index contributed by atoms with van der Waals surface area (Å²) in [6, 6.07) is 9.73. The maximum absolute atomic E-state index is 12.6. The molecule has 0 radical (unpaired) electrons. The van der Waals surface area contributed by atoms with Crippen LogP contribution in [-0.2, 0) is 19.5 Å². The molecule has 2 aliphatic rings. The fraction of sp³-hybridized carbons (Fsp3) is 0.316. The number of hydrogen-bond donors (Lipinski definition) is 1. The molecule has 4 atom stereocenters. The van der Waals surface area contributed by atoms with E-state index in [1.807, 2.05) is 12.1 Å². The molecular weight excluding hydrogens is 484 g/mol. The van der Waals surface area contributed by atoms with Gasteiger partial charge in [-0.3, -0.25) is 0 Å². The molecule has 0 saturated carbocycles. The molecule has 2 aliphatic heterocycles. The Labute approximate surface area is 197 Å². The Morgan fingerprint density at radius 3 is 2.74 bits per heavy atom. The van der Waals surface area contributed by atoms with Crippen molar-refractivity contribution in [2.75, 3.05) is 13.2 Å². The van der Waals surface area contributed by atoms with Gasteiger partial charge in [0.1, 0.15) is 40.9 Å². The van der Waals surface area contributed by atoms with Crippen molar-refractivity contribution in [2.45, 2.75) is 28.5 Å². The van der Waals surface area contributed by atoms with Crippen molar-refractivity contribution in [3.8, 4) is 17.4 Å². The minimum atomic E-state index is -3.65. The van der Waals surface area contributed by atoms with Crippen LogP contribution in [-0.4, -0.2) is 74.9 Å². The summed E-state index contributed by atoms with van der Waals surface area (Å²) in [4.78, 5) is 3.93. The van der Waals surface area contributed by atoms with Crippen LogP contribution in [0.15, 0.2) is 58.6 Å². The highest BCUT2D eigenvalue weighted by Gasteiger charge is 2.51. The van der Waals surface area contributed by atoms with E-state index in [4.69, 9.17) is 14.2 Å². The standard InChI is InChI=1S/C19H18N8O5S2/c28-34(29,16-2-1-7-33-16)23-14-8-30-18-15(9-31-17(14)18)27-19(22-24-25-27)32-13-5-3-12(4-6-13)26-11-20-10-21-26/h1-7,10-11,14-15,17-18,23H,8-9H2. The maximum Gasteiger partial charge on any atom is 0.341 e. The molecule has 0 amide bonds. The highest BCUT2D eigenvalue weighted by molar-refractivity contribution is 7.91. The second-order valence-electron chi connectivity index (χ2n) is 7.67. The van der Waals surface area contributed by atoms with Crippen LogP contribution in [0.1, 0.15) is 6.04 Å². The van der Waals surface area contributed by atoms with Crippen LogP contribution >= 0.6 is 11.3 Å². The Kier molecular flexibility index (Phi) is 5.34. The van der Waals surface area contributed by atoms with Gasteiger partial charge in [-0.2, -0.15) is 9.78 Å². The lowest BCUT2D eigenvalue weighted by Gasteiger charge is -2.18. The van der Waals surface area contributed by atoms with Crippen molar-refractivity contribution in [3.63, 3.8) is 0 Å². The molecule has 5 heterocycles. The summed E-state index contributed by atoms with van der Waals surface area (Å²) in [6.07, 6.45) is 2.15. The minimum absolute atomic E-state index is 0.175. The number of rotatable bonds is 7. The minimum Gasteiger partial charge on any atom is -0.423 e. The SMILES string of the molecule is O=S(=O)(NC1COC2C1OCC2n1nnnc1Oc1ccc(-n2cncn2)cc1)c1cccs1. The largest absolute Gasteiger partial charge is 0.423 e. The van der Waals surface area contributed by atoms with E-state index < -0.39 is 28.3 Å². The van der Waals surface area contributed by atoms with Gasteiger partial charge >= 0.3 is 6.01 Å². The number of fused-ring (bicyclic) bond motifs is 1. The molecule has 176 valence electrons. The molecule has 4 unspecified atom stereocenters. The molecule has 6 rings (SSSR count). The lowest BCUT2D eigenvalue weighted by Crippen LogP contribution is -2.43. The fourth-order valence-electron chi connectivity index (χ4n) is 4.04. The molecule has 1 N–H and O–H groups in total. The Balaban J connectivity index is 1.16. The lowest BCUT2D eigenvalue weighted by molar-refractivity contribution is 0.0615. The van der Waals surface area contributed by atoms with Crippen LogP contribution in [0.3, 0.4) is 0 Å². The third kappa shape index (κ3) is 3.86. The summed E-state index contributed by atoms with van der Waals surface area (Å²) in [6.45, 7) is 0.428. The summed E-state index contributed by atoms with van der Waals surface area (Å²) in [5.41, 5.74) is 0.826. The normalized spacial score (nSPS) is 24.4. The second-order valence-corrected chi connectivity index (χ2v) is 10.6. The van der Waals surface area contributed by atoms with Gasteiger partial charge in [-0.05, 0) is 46.1 Å². The highest BCUT2D eigenvalue weighted by atomic mass is 32.2. The second kappa shape index (κ2) is 8.52. The molecule has 0 aliphatic carbocycles. The molecule has 34 heavy (non-hydrogen) atoms. The fourth-order valence-corrected chi connectivity index (χ4v) is 6.28. The zero-order valence-corrected chi connectivity index (χ0v) is 19.0. The van der Waals surface area contributed by atoms with Gasteiger partial charge in [-0.25, -0.2) is 22.8 Å². The third-order valence-electron chi connectivity index (χ3n) is 5.60. The molecule has 0 spiro atoms. The molecular formula is C19H18N8O5S2. The van der Waals surface area contributed by atoms with Crippen LogP contribution in [0.5, 0.6) is 11.8 Å². The number of nitrogens with zero attached hydrogens (tertiary/aromatic N) is 7. The first-order chi connectivity index (χ1) is 16.6. The number of nitrogens with one attached hydrogen (secondary N) is 1. The molecule has 3 aromatic heterocycles. The number of sulfonamides is 1. The average Bonchev–Trinajstić information content (AvgIpc) is 3.65. The van der Waals surface area contributed by atoms with Crippen molar-refractivity contribution in [3.05, 3.63) is 54.4 Å². The van der Waals surface area contributed by atoms with Gasteiger partial charge in [-0.1, -0.05) is 11.2 Å². The zero-order chi connectivity index (χ0) is 23.1. The van der Waals surface area contributed by atoms with Gasteiger partial charge in [-0.15, -0.1) is 11.3 Å². The van der Waals surface area contributed by atoms with Crippen molar-refractivity contribution in [1.29, 1.82) is 0 Å². The summed E-state index contributed by atoms with van der Waals surface area (Å²) >= 11 is 1.15. The van der Waals surface area contributed by atoms with E-state index in [1.165, 1.54) is 11.0 Å². The van der Waals surface area contributed by atoms with E-state index in [9.17, 15) is 8.42 Å². The molecule has 15 heteroatoms. The van der Waals surface area contributed by atoms with E-state index >= 15 is 0 Å². The Morgan fingerprint density at radius 2 is 1.97 bits per heavy atom. The number of thiophene rings is 1. The predicted molar refractivity (Wildman–Crippen MR) is 116 cm³/mol. The zero-order valence-electron chi connectivity index (χ0n) is 17.4. The first-order valence-corrected chi connectivity index (χ1v) is 12.6. The molecule has 2 fully saturated rings. The van der Waals surface area contributed by atoms with Crippen LogP contribution < -0.4 is 9.46 Å². The maximum atomic E-state index is 12.6. The summed E-state index contributed by atoms with van der Waals surface area (Å²) < 4.78 is 49.1. The van der Waals surface area contributed by atoms with Crippen molar-refractivity contribution >= 4 is 21.4 Å². The summed E-state index contributed by atoms with van der Waals surface area (Å²) in [7, 11) is -3.65. The van der Waals surface area contributed by atoms with Crippen LogP contribution in [0, 0.1) is 0 Å². The van der Waals surface area contributed by atoms with E-state index in [-0.39, 0.29) is 29.5 Å². The van der Waals surface area contributed by atoms with Crippen LogP contribution in [0.2, 0.25) is 0 Å². The molecule has 2 saturated heterocycles. The molecule has 1 aromatic carbocycles. The Hall–Kier alpha value is -3.24. The highest BCUT2D eigenvalue weighted by Crippen LogP contribution is 2.36. The number of tetrazole rings is 1. The first kappa shape index (κ1) is 21.3. The quantitative estimate of drug-likeness (QED) is 0.384. The van der Waals surface area contributed by atoms with E-state index in [2.05, 4.69) is 30.3 Å². The smallest absolute Gasteiger partial charge is 0.341 e. The van der Waals surface area contributed by atoms with E-state index in [1.54, 1.807) is 40.7 Å². The summed E-state index contributed by atoms with van der Waals surface area (Å²) in [5.74, 6) is 0.532. The predicted octanol–water partition coefficient (Wildman–Crippen LogP) is 0.793. The lowest BCUT2D eigenvalue weighted by atomic mass is 10.1. The number of aromatic nitrogens is 7. The van der Waals surface area contributed by atoms with Gasteiger partial charge in [0.2, 0.25) is 10.0 Å². The van der Waals surface area contributed by atoms with Gasteiger partial charge < -0.3 is 14.2 Å². The van der Waals surface area contributed by atoms with Crippen molar-refractivity contribution < 1.29 is 22.6 Å². The van der Waals surface area contributed by atoms with Crippen molar-refractivity contribution in [2.24, 2.45) is 0 Å². The Morgan fingerprint density at radius 1 is 1.12 bits per heavy atom. The van der Waals surface area contributed by atoms with Gasteiger partial charge in [0.25, 0.3) is 0 Å². The number of benzene rings is 1. The van der Waals surface area contributed by atoms with Gasteiger partial charge in [0.05, 0.1) is 24.9 Å². The van der Waals surface area contributed by atoms with Crippen LogP contribution in [0.25, 0.3) is 5.69 Å².